The minimum absolute atomic E-state index is 0.00426. The molecule has 1 aliphatic rings. The van der Waals surface area contributed by atoms with E-state index in [2.05, 4.69) is 15.1 Å². The van der Waals surface area contributed by atoms with E-state index >= 15 is 0 Å². The number of thiophene rings is 2. The lowest BCUT2D eigenvalue weighted by Gasteiger charge is -2.34. The summed E-state index contributed by atoms with van der Waals surface area (Å²) in [5.74, 6) is -0.00426. The fourth-order valence-electron chi connectivity index (χ4n) is 2.67. The summed E-state index contributed by atoms with van der Waals surface area (Å²) < 4.78 is 0.604. The number of aromatic nitrogens is 2. The molecule has 0 unspecified atom stereocenters. The van der Waals surface area contributed by atoms with Gasteiger partial charge < -0.3 is 9.80 Å². The molecule has 4 heterocycles. The van der Waals surface area contributed by atoms with E-state index in [1.807, 2.05) is 4.90 Å². The summed E-state index contributed by atoms with van der Waals surface area (Å²) in [5, 5.41) is 20.7. The maximum absolute atomic E-state index is 12.5. The van der Waals surface area contributed by atoms with Crippen LogP contribution in [-0.4, -0.2) is 52.1 Å². The molecule has 1 aliphatic heterocycles. The maximum Gasteiger partial charge on any atom is 0.324 e. The minimum Gasteiger partial charge on any atom is -0.343 e. The third-order valence-electron chi connectivity index (χ3n) is 4.02. The molecule has 0 spiro atoms. The van der Waals surface area contributed by atoms with Gasteiger partial charge in [0.1, 0.15) is 0 Å². The smallest absolute Gasteiger partial charge is 0.324 e. The lowest BCUT2D eigenvalue weighted by molar-refractivity contribution is -0.380. The van der Waals surface area contributed by atoms with E-state index in [0.29, 0.717) is 40.4 Å². The van der Waals surface area contributed by atoms with E-state index in [1.54, 1.807) is 18.2 Å². The first-order valence-electron chi connectivity index (χ1n) is 7.89. The average Bonchev–Trinajstić information content (AvgIpc) is 3.41. The first-order valence-corrected chi connectivity index (χ1v) is 10.7. The molecule has 0 radical (unpaired) electrons. The molecule has 0 aliphatic carbocycles. The van der Waals surface area contributed by atoms with Crippen LogP contribution in [0.15, 0.2) is 24.3 Å². The molecule has 1 fully saturated rings. The van der Waals surface area contributed by atoms with E-state index in [4.69, 9.17) is 11.6 Å². The monoisotopic (exact) mass is 441 g/mol. The minimum atomic E-state index is -0.410. The number of carbonyl (C=O) groups excluding carboxylic acids is 1. The van der Waals surface area contributed by atoms with Crippen LogP contribution in [0.25, 0.3) is 9.88 Å². The maximum atomic E-state index is 12.5. The largest absolute Gasteiger partial charge is 0.343 e. The second-order valence-corrected chi connectivity index (χ2v) is 9.40. The van der Waals surface area contributed by atoms with E-state index < -0.39 is 4.92 Å². The number of hydrogen-bond acceptors (Lipinski definition) is 9. The van der Waals surface area contributed by atoms with Gasteiger partial charge >= 0.3 is 5.00 Å². The number of hydrogen-bond donors (Lipinski definition) is 0. The van der Waals surface area contributed by atoms with Gasteiger partial charge in [0, 0.05) is 32.2 Å². The highest BCUT2D eigenvalue weighted by atomic mass is 35.5. The summed E-state index contributed by atoms with van der Waals surface area (Å²) >= 11 is 9.68. The van der Waals surface area contributed by atoms with Gasteiger partial charge in [-0.25, -0.2) is 0 Å². The van der Waals surface area contributed by atoms with E-state index in [1.165, 1.54) is 28.7 Å². The second kappa shape index (κ2) is 7.50. The topological polar surface area (TPSA) is 92.5 Å². The highest BCUT2D eigenvalue weighted by molar-refractivity contribution is 7.24. The Morgan fingerprint density at radius 3 is 2.48 bits per heavy atom. The molecule has 1 saturated heterocycles. The van der Waals surface area contributed by atoms with Crippen molar-refractivity contribution >= 4 is 61.7 Å². The first-order chi connectivity index (χ1) is 13.0. The molecular formula is C15H12ClN5O3S3. The van der Waals surface area contributed by atoms with E-state index in [-0.39, 0.29) is 10.9 Å². The number of halogens is 1. The summed E-state index contributed by atoms with van der Waals surface area (Å²) in [5.41, 5.74) is 0. The zero-order chi connectivity index (χ0) is 19.0. The summed E-state index contributed by atoms with van der Waals surface area (Å²) in [6, 6.07) is 6.64. The number of nitrogens with zero attached hydrogens (tertiary/aromatic N) is 5. The van der Waals surface area contributed by atoms with Gasteiger partial charge in [0.05, 0.1) is 19.0 Å². The highest BCUT2D eigenvalue weighted by Gasteiger charge is 2.25. The van der Waals surface area contributed by atoms with Gasteiger partial charge in [-0.3, -0.25) is 14.9 Å². The lowest BCUT2D eigenvalue weighted by atomic mass is 10.3. The van der Waals surface area contributed by atoms with Crippen molar-refractivity contribution in [3.05, 3.63) is 43.6 Å². The molecule has 8 nitrogen and oxygen atoms in total. The highest BCUT2D eigenvalue weighted by Crippen LogP contribution is 2.36. The summed E-state index contributed by atoms with van der Waals surface area (Å²) in [7, 11) is 0. The van der Waals surface area contributed by atoms with Crippen LogP contribution in [0.3, 0.4) is 0 Å². The van der Waals surface area contributed by atoms with Gasteiger partial charge in [-0.15, -0.1) is 21.5 Å². The van der Waals surface area contributed by atoms with Crippen molar-refractivity contribution in [2.75, 3.05) is 31.1 Å². The Kier molecular flexibility index (Phi) is 5.08. The van der Waals surface area contributed by atoms with Gasteiger partial charge in [-0.2, -0.15) is 0 Å². The molecule has 0 saturated carbocycles. The Hall–Kier alpha value is -2.08. The van der Waals surface area contributed by atoms with Crippen molar-refractivity contribution in [1.29, 1.82) is 0 Å². The van der Waals surface area contributed by atoms with Crippen LogP contribution in [0.4, 0.5) is 10.1 Å². The molecule has 0 N–H and O–H groups in total. The molecule has 4 rings (SSSR count). The molecule has 3 aromatic heterocycles. The zero-order valence-corrected chi connectivity index (χ0v) is 16.9. The van der Waals surface area contributed by atoms with Crippen LogP contribution in [0.1, 0.15) is 9.67 Å². The molecule has 140 valence electrons. The number of carbonyl (C=O) groups is 1. The van der Waals surface area contributed by atoms with Crippen LogP contribution >= 0.6 is 45.6 Å². The molecule has 0 bridgehead atoms. The van der Waals surface area contributed by atoms with Gasteiger partial charge in [-0.05, 0) is 18.2 Å². The number of rotatable bonds is 4. The van der Waals surface area contributed by atoms with Gasteiger partial charge in [-0.1, -0.05) is 34.3 Å². The molecule has 27 heavy (non-hydrogen) atoms. The Bertz CT molecular complexity index is 992. The number of amides is 1. The predicted molar refractivity (Wildman–Crippen MR) is 107 cm³/mol. The number of piperazine rings is 1. The van der Waals surface area contributed by atoms with Crippen LogP contribution in [0.5, 0.6) is 0 Å². The number of anilines is 1. The van der Waals surface area contributed by atoms with Crippen molar-refractivity contribution in [3.63, 3.8) is 0 Å². The standard InChI is InChI=1S/C15H12ClN5O3S3/c16-11-3-1-10(25-11)14(22)19-5-7-20(8-6-19)15-18-17-13(27-15)9-2-4-12(26-9)21(23)24/h1-4H,5-8H2. The van der Waals surface area contributed by atoms with Crippen molar-refractivity contribution in [1.82, 2.24) is 15.1 Å². The second-order valence-electron chi connectivity index (χ2n) is 5.67. The molecule has 3 aromatic rings. The molecule has 12 heteroatoms. The van der Waals surface area contributed by atoms with Crippen LogP contribution in [0.2, 0.25) is 4.34 Å². The fourth-order valence-corrected chi connectivity index (χ4v) is 5.45. The Morgan fingerprint density at radius 1 is 1.07 bits per heavy atom. The Morgan fingerprint density at radius 2 is 1.85 bits per heavy atom. The van der Waals surface area contributed by atoms with Gasteiger partial charge in [0.15, 0.2) is 5.01 Å². The SMILES string of the molecule is O=C(c1ccc(Cl)s1)N1CCN(c2nnc(-c3ccc([N+](=O)[O-])s3)s2)CC1. The van der Waals surface area contributed by atoms with Gasteiger partial charge in [0.2, 0.25) is 5.13 Å². The number of nitro groups is 1. The molecule has 1 amide bonds. The predicted octanol–water partition coefficient (Wildman–Crippen LogP) is 3.85. The van der Waals surface area contributed by atoms with Crippen LogP contribution < -0.4 is 4.90 Å². The Labute approximate surface area is 170 Å². The third-order valence-corrected chi connectivity index (χ3v) is 7.43. The quantitative estimate of drug-likeness (QED) is 0.451. The van der Waals surface area contributed by atoms with Crippen molar-refractivity contribution < 1.29 is 9.72 Å². The van der Waals surface area contributed by atoms with E-state index in [9.17, 15) is 14.9 Å². The van der Waals surface area contributed by atoms with Crippen molar-refractivity contribution in [2.24, 2.45) is 0 Å². The average molecular weight is 442 g/mol. The fraction of sp³-hybridized carbons (Fsp3) is 0.267. The first kappa shape index (κ1) is 18.3. The van der Waals surface area contributed by atoms with Crippen LogP contribution in [-0.2, 0) is 0 Å². The van der Waals surface area contributed by atoms with Crippen molar-refractivity contribution in [2.45, 2.75) is 0 Å². The molecule has 0 aromatic carbocycles. The third kappa shape index (κ3) is 3.81. The van der Waals surface area contributed by atoms with Crippen molar-refractivity contribution in [3.8, 4) is 9.88 Å². The normalized spacial score (nSPS) is 14.6. The molecule has 0 atom stereocenters. The molecular weight excluding hydrogens is 430 g/mol. The summed E-state index contributed by atoms with van der Waals surface area (Å²) in [6.07, 6.45) is 0. The lowest BCUT2D eigenvalue weighted by Crippen LogP contribution is -2.48. The van der Waals surface area contributed by atoms with Crippen LogP contribution in [0, 0.1) is 10.1 Å². The Balaban J connectivity index is 1.40. The van der Waals surface area contributed by atoms with Gasteiger partial charge in [0.25, 0.3) is 5.91 Å². The summed E-state index contributed by atoms with van der Waals surface area (Å²) in [4.78, 5) is 28.2. The summed E-state index contributed by atoms with van der Waals surface area (Å²) in [6.45, 7) is 2.50. The zero-order valence-electron chi connectivity index (χ0n) is 13.7. The van der Waals surface area contributed by atoms with E-state index in [0.717, 1.165) is 21.3 Å².